The molecule has 1 unspecified atom stereocenters. The van der Waals surface area contributed by atoms with E-state index in [1.165, 1.54) is 22.3 Å². The van der Waals surface area contributed by atoms with Crippen molar-refractivity contribution in [3.63, 3.8) is 0 Å². The fraction of sp³-hybridized carbons (Fsp3) is 0.344. The van der Waals surface area contributed by atoms with Crippen LogP contribution < -0.4 is 0 Å². The Morgan fingerprint density at radius 1 is 0.861 bits per heavy atom. The van der Waals surface area contributed by atoms with E-state index in [4.69, 9.17) is 5.11 Å². The second-order valence-electron chi connectivity index (χ2n) is 9.84. The van der Waals surface area contributed by atoms with Crippen LogP contribution >= 0.6 is 0 Å². The fourth-order valence-corrected chi connectivity index (χ4v) is 5.36. The quantitative estimate of drug-likeness (QED) is 0.373. The van der Waals surface area contributed by atoms with Crippen molar-refractivity contribution >= 4 is 11.5 Å². The number of benzene rings is 3. The number of carboxylic acids is 1. The molecule has 188 valence electrons. The standard InChI is InChI=1S/C32H37NO3/c1-23-24(2)29(16-15-28(23)22-31(35)36)30(34)14-9-19-33-20-17-27(18-21-33)32(25-10-5-3-6-11-25)26-12-7-4-8-13-26/h3-8,10-13,15-16,30,34H,9,14,17-22H2,1-2H3,(H,35,36). The van der Waals surface area contributed by atoms with Crippen LogP contribution in [0.5, 0.6) is 0 Å². The Balaban J connectivity index is 1.35. The van der Waals surface area contributed by atoms with Gasteiger partial charge in [0.25, 0.3) is 0 Å². The molecule has 1 fully saturated rings. The first-order valence-electron chi connectivity index (χ1n) is 13.0. The van der Waals surface area contributed by atoms with Gasteiger partial charge in [0.15, 0.2) is 0 Å². The first-order valence-corrected chi connectivity index (χ1v) is 13.0. The monoisotopic (exact) mass is 483 g/mol. The molecule has 1 aliphatic rings. The molecule has 0 bridgehead atoms. The van der Waals surface area contributed by atoms with Gasteiger partial charge in [-0.15, -0.1) is 0 Å². The van der Waals surface area contributed by atoms with Crippen LogP contribution in [-0.2, 0) is 11.2 Å². The van der Waals surface area contributed by atoms with Crippen LogP contribution in [0.15, 0.2) is 78.4 Å². The summed E-state index contributed by atoms with van der Waals surface area (Å²) in [6, 6.07) is 25.2. The maximum absolute atomic E-state index is 11.1. The third kappa shape index (κ3) is 6.31. The first-order chi connectivity index (χ1) is 17.4. The van der Waals surface area contributed by atoms with Crippen molar-refractivity contribution in [1.82, 2.24) is 4.90 Å². The van der Waals surface area contributed by atoms with Crippen LogP contribution in [0, 0.1) is 13.8 Å². The summed E-state index contributed by atoms with van der Waals surface area (Å²) in [5, 5.41) is 20.0. The molecular weight excluding hydrogens is 446 g/mol. The highest BCUT2D eigenvalue weighted by atomic mass is 16.4. The van der Waals surface area contributed by atoms with Crippen LogP contribution in [0.4, 0.5) is 0 Å². The minimum absolute atomic E-state index is 0.0186. The van der Waals surface area contributed by atoms with Crippen molar-refractivity contribution < 1.29 is 15.0 Å². The van der Waals surface area contributed by atoms with Gasteiger partial charge in [-0.1, -0.05) is 78.4 Å². The molecule has 1 atom stereocenters. The summed E-state index contributed by atoms with van der Waals surface area (Å²) in [5.74, 6) is -0.829. The number of aliphatic carboxylic acids is 1. The SMILES string of the molecule is Cc1c(CC(=O)O)ccc(C(O)CCCN2CCC(=C(c3ccccc3)c3ccccc3)CC2)c1C. The average Bonchev–Trinajstić information content (AvgIpc) is 2.89. The van der Waals surface area contributed by atoms with Crippen LogP contribution in [0.25, 0.3) is 5.57 Å². The van der Waals surface area contributed by atoms with Gasteiger partial charge in [0.1, 0.15) is 0 Å². The molecule has 0 aliphatic carbocycles. The molecule has 4 rings (SSSR count). The second kappa shape index (κ2) is 12.2. The molecule has 0 radical (unpaired) electrons. The Labute approximate surface area is 214 Å². The number of aliphatic hydroxyl groups is 1. The molecule has 3 aromatic carbocycles. The summed E-state index contributed by atoms with van der Waals surface area (Å²) < 4.78 is 0. The van der Waals surface area contributed by atoms with Crippen molar-refractivity contribution in [1.29, 1.82) is 0 Å². The highest BCUT2D eigenvalue weighted by Gasteiger charge is 2.20. The van der Waals surface area contributed by atoms with Gasteiger partial charge in [-0.25, -0.2) is 0 Å². The van der Waals surface area contributed by atoms with Crippen LogP contribution in [-0.4, -0.2) is 40.7 Å². The van der Waals surface area contributed by atoms with E-state index in [0.29, 0.717) is 6.42 Å². The molecule has 4 heteroatoms. The largest absolute Gasteiger partial charge is 0.481 e. The Hall–Kier alpha value is -3.21. The molecule has 3 aromatic rings. The summed E-state index contributed by atoms with van der Waals surface area (Å²) in [5.41, 5.74) is 9.19. The van der Waals surface area contributed by atoms with E-state index in [0.717, 1.165) is 61.2 Å². The van der Waals surface area contributed by atoms with Gasteiger partial charge in [-0.05, 0) is 85.0 Å². The number of likely N-dealkylation sites (tertiary alicyclic amines) is 1. The summed E-state index contributed by atoms with van der Waals surface area (Å²) in [7, 11) is 0. The zero-order chi connectivity index (χ0) is 25.5. The molecule has 36 heavy (non-hydrogen) atoms. The molecule has 0 saturated carbocycles. The molecule has 2 N–H and O–H groups in total. The third-order valence-corrected chi connectivity index (χ3v) is 7.53. The van der Waals surface area contributed by atoms with E-state index in [1.54, 1.807) is 0 Å². The van der Waals surface area contributed by atoms with Crippen molar-refractivity contribution in [3.05, 3.63) is 112 Å². The van der Waals surface area contributed by atoms with E-state index in [-0.39, 0.29) is 6.42 Å². The highest BCUT2D eigenvalue weighted by Crippen LogP contribution is 2.32. The second-order valence-corrected chi connectivity index (χ2v) is 9.84. The van der Waals surface area contributed by atoms with Crippen molar-refractivity contribution in [3.8, 4) is 0 Å². The lowest BCUT2D eigenvalue weighted by atomic mass is 9.88. The number of aliphatic hydroxyl groups excluding tert-OH is 1. The molecular formula is C32H37NO3. The molecule has 4 nitrogen and oxygen atoms in total. The Morgan fingerprint density at radius 2 is 1.44 bits per heavy atom. The van der Waals surface area contributed by atoms with E-state index in [2.05, 4.69) is 65.6 Å². The Bertz CT molecular complexity index is 1150. The van der Waals surface area contributed by atoms with Crippen molar-refractivity contribution in [2.45, 2.75) is 52.1 Å². The summed E-state index contributed by atoms with van der Waals surface area (Å²) in [4.78, 5) is 13.6. The lowest BCUT2D eigenvalue weighted by Crippen LogP contribution is -2.32. The van der Waals surface area contributed by atoms with Crippen LogP contribution in [0.1, 0.15) is 65.2 Å². The number of rotatable bonds is 9. The van der Waals surface area contributed by atoms with Gasteiger partial charge in [-0.3, -0.25) is 4.79 Å². The fourth-order valence-electron chi connectivity index (χ4n) is 5.36. The Morgan fingerprint density at radius 3 is 2.00 bits per heavy atom. The third-order valence-electron chi connectivity index (χ3n) is 7.53. The van der Waals surface area contributed by atoms with Gasteiger partial charge in [-0.2, -0.15) is 0 Å². The number of piperidine rings is 1. The van der Waals surface area contributed by atoms with Gasteiger partial charge in [0.2, 0.25) is 0 Å². The van der Waals surface area contributed by atoms with Gasteiger partial charge < -0.3 is 15.1 Å². The zero-order valence-electron chi connectivity index (χ0n) is 21.4. The molecule has 1 aliphatic heterocycles. The first kappa shape index (κ1) is 25.9. The lowest BCUT2D eigenvalue weighted by Gasteiger charge is -2.30. The number of carboxylic acid groups (broad SMARTS) is 1. The van der Waals surface area contributed by atoms with Gasteiger partial charge in [0.05, 0.1) is 12.5 Å². The van der Waals surface area contributed by atoms with Crippen molar-refractivity contribution in [2.24, 2.45) is 0 Å². The zero-order valence-corrected chi connectivity index (χ0v) is 21.4. The smallest absolute Gasteiger partial charge is 0.307 e. The molecule has 0 spiro atoms. The van der Waals surface area contributed by atoms with E-state index >= 15 is 0 Å². The molecule has 1 heterocycles. The minimum Gasteiger partial charge on any atom is -0.481 e. The van der Waals surface area contributed by atoms with E-state index in [1.807, 2.05) is 26.0 Å². The van der Waals surface area contributed by atoms with Gasteiger partial charge in [0, 0.05) is 13.1 Å². The minimum atomic E-state index is -0.829. The predicted octanol–water partition coefficient (Wildman–Crippen LogP) is 6.34. The number of nitrogens with zero attached hydrogens (tertiary/aromatic N) is 1. The maximum Gasteiger partial charge on any atom is 0.307 e. The summed E-state index contributed by atoms with van der Waals surface area (Å²) >= 11 is 0. The molecule has 0 aromatic heterocycles. The van der Waals surface area contributed by atoms with Gasteiger partial charge >= 0.3 is 5.97 Å². The van der Waals surface area contributed by atoms with Crippen molar-refractivity contribution in [2.75, 3.05) is 19.6 Å². The predicted molar refractivity (Wildman–Crippen MR) is 146 cm³/mol. The number of hydrogen-bond acceptors (Lipinski definition) is 3. The number of carbonyl (C=O) groups is 1. The Kier molecular flexibility index (Phi) is 8.74. The molecule has 0 amide bonds. The van der Waals surface area contributed by atoms with Crippen LogP contribution in [0.3, 0.4) is 0 Å². The summed E-state index contributed by atoms with van der Waals surface area (Å²) in [6.45, 7) is 6.98. The van der Waals surface area contributed by atoms with E-state index < -0.39 is 12.1 Å². The normalized spacial score (nSPS) is 15.0. The highest BCUT2D eigenvalue weighted by molar-refractivity contribution is 5.82. The summed E-state index contributed by atoms with van der Waals surface area (Å²) in [6.07, 6.45) is 3.25. The topological polar surface area (TPSA) is 60.8 Å². The average molecular weight is 484 g/mol. The lowest BCUT2D eigenvalue weighted by molar-refractivity contribution is -0.136. The van der Waals surface area contributed by atoms with Crippen LogP contribution in [0.2, 0.25) is 0 Å². The maximum atomic E-state index is 11.1. The number of hydrogen-bond donors (Lipinski definition) is 2. The van der Waals surface area contributed by atoms with E-state index in [9.17, 15) is 9.90 Å². The molecule has 1 saturated heterocycles.